The molecule has 0 radical (unpaired) electrons. The van der Waals surface area contributed by atoms with Gasteiger partial charge in [-0.2, -0.15) is 12.7 Å². The summed E-state index contributed by atoms with van der Waals surface area (Å²) in [7, 11) is -4.02. The van der Waals surface area contributed by atoms with Crippen molar-refractivity contribution in [2.24, 2.45) is 0 Å². The second-order valence-electron chi connectivity index (χ2n) is 4.79. The summed E-state index contributed by atoms with van der Waals surface area (Å²) in [6.07, 6.45) is 2.04. The molecule has 9 heteroatoms. The zero-order valence-electron chi connectivity index (χ0n) is 11.0. The van der Waals surface area contributed by atoms with Crippen LogP contribution in [-0.2, 0) is 10.2 Å². The minimum atomic E-state index is -4.02. The molecule has 0 aliphatic carbocycles. The van der Waals surface area contributed by atoms with Crippen LogP contribution in [0.2, 0.25) is 0 Å². The second-order valence-corrected chi connectivity index (χ2v) is 7.27. The molecule has 1 aromatic rings. The highest BCUT2D eigenvalue weighted by molar-refractivity contribution is 9.10. The molecule has 1 unspecified atom stereocenters. The molecule has 0 spiro atoms. The number of benzene rings is 1. The highest BCUT2D eigenvalue weighted by Crippen LogP contribution is 2.29. The van der Waals surface area contributed by atoms with E-state index in [2.05, 4.69) is 20.7 Å². The molecule has 1 atom stereocenters. The average Bonchev–Trinajstić information content (AvgIpc) is 2.43. The zero-order chi connectivity index (χ0) is 15.6. The van der Waals surface area contributed by atoms with Crippen LogP contribution in [-0.4, -0.2) is 37.0 Å². The largest absolute Gasteiger partial charge is 0.395 e. The minimum absolute atomic E-state index is 0.0267. The highest BCUT2D eigenvalue weighted by atomic mass is 79.9. The molecule has 118 valence electrons. The van der Waals surface area contributed by atoms with Gasteiger partial charge in [0.2, 0.25) is 0 Å². The first kappa shape index (κ1) is 16.6. The molecule has 0 saturated carbocycles. The van der Waals surface area contributed by atoms with Gasteiger partial charge in [0.1, 0.15) is 5.82 Å². The number of halogens is 3. The Morgan fingerprint density at radius 2 is 2.10 bits per heavy atom. The lowest BCUT2D eigenvalue weighted by molar-refractivity contribution is 0.156. The predicted molar refractivity (Wildman–Crippen MR) is 78.0 cm³/mol. The maximum absolute atomic E-state index is 13.7. The first-order valence-corrected chi connectivity index (χ1v) is 8.63. The van der Waals surface area contributed by atoms with Crippen LogP contribution in [0.5, 0.6) is 0 Å². The number of anilines is 1. The summed E-state index contributed by atoms with van der Waals surface area (Å²) in [5.74, 6) is -1.82. The van der Waals surface area contributed by atoms with Crippen LogP contribution < -0.4 is 4.72 Å². The molecule has 0 aromatic heterocycles. The topological polar surface area (TPSA) is 69.6 Å². The van der Waals surface area contributed by atoms with E-state index in [9.17, 15) is 22.3 Å². The smallest absolute Gasteiger partial charge is 0.302 e. The Hall–Kier alpha value is -0.770. The quantitative estimate of drug-likeness (QED) is 0.835. The van der Waals surface area contributed by atoms with Gasteiger partial charge >= 0.3 is 10.2 Å². The molecule has 2 rings (SSSR count). The van der Waals surface area contributed by atoms with E-state index in [1.54, 1.807) is 0 Å². The lowest BCUT2D eigenvalue weighted by Gasteiger charge is -2.33. The van der Waals surface area contributed by atoms with E-state index >= 15 is 0 Å². The van der Waals surface area contributed by atoms with Gasteiger partial charge in [0.05, 0.1) is 12.3 Å². The fourth-order valence-electron chi connectivity index (χ4n) is 2.30. The highest BCUT2D eigenvalue weighted by Gasteiger charge is 2.32. The summed E-state index contributed by atoms with van der Waals surface area (Å²) in [6, 6.07) is 1.04. The summed E-state index contributed by atoms with van der Waals surface area (Å²) in [6.45, 7) is -0.0467. The summed E-state index contributed by atoms with van der Waals surface area (Å²) < 4.78 is 54.6. The summed E-state index contributed by atoms with van der Waals surface area (Å²) in [4.78, 5) is 0. The van der Waals surface area contributed by atoms with E-state index < -0.39 is 27.9 Å². The van der Waals surface area contributed by atoms with E-state index in [0.29, 0.717) is 18.9 Å². The summed E-state index contributed by atoms with van der Waals surface area (Å²) >= 11 is 2.93. The maximum Gasteiger partial charge on any atom is 0.302 e. The zero-order valence-corrected chi connectivity index (χ0v) is 13.4. The van der Waals surface area contributed by atoms with Gasteiger partial charge in [0, 0.05) is 23.1 Å². The fourth-order valence-corrected chi connectivity index (χ4v) is 4.46. The number of nitrogens with one attached hydrogen (secondary N) is 1. The molecular formula is C12H15BrF2N2O3S. The van der Waals surface area contributed by atoms with Crippen molar-refractivity contribution >= 4 is 31.8 Å². The van der Waals surface area contributed by atoms with Crippen LogP contribution in [0.4, 0.5) is 14.5 Å². The SMILES string of the molecule is O=S(=O)(Nc1c(F)cc(F)cc1Br)N1CCCCC1CO. The van der Waals surface area contributed by atoms with Crippen LogP contribution in [0, 0.1) is 11.6 Å². The number of hydrogen-bond acceptors (Lipinski definition) is 3. The molecule has 0 amide bonds. The van der Waals surface area contributed by atoms with Crippen LogP contribution in [0.15, 0.2) is 16.6 Å². The van der Waals surface area contributed by atoms with Gasteiger partial charge in [-0.25, -0.2) is 8.78 Å². The molecule has 1 aliphatic rings. The molecule has 1 saturated heterocycles. The van der Waals surface area contributed by atoms with Crippen molar-refractivity contribution in [1.29, 1.82) is 0 Å². The van der Waals surface area contributed by atoms with E-state index in [1.807, 2.05) is 0 Å². The van der Waals surface area contributed by atoms with Gasteiger partial charge in [-0.3, -0.25) is 4.72 Å². The fraction of sp³-hybridized carbons (Fsp3) is 0.500. The molecule has 21 heavy (non-hydrogen) atoms. The molecule has 1 aromatic carbocycles. The summed E-state index contributed by atoms with van der Waals surface area (Å²) in [5, 5.41) is 9.27. The Bertz CT molecular complexity index is 604. The third-order valence-electron chi connectivity index (χ3n) is 3.33. The lowest BCUT2D eigenvalue weighted by atomic mass is 10.1. The van der Waals surface area contributed by atoms with Crippen molar-refractivity contribution in [3.8, 4) is 0 Å². The van der Waals surface area contributed by atoms with Gasteiger partial charge in [-0.1, -0.05) is 6.42 Å². The number of aliphatic hydroxyl groups excluding tert-OH is 1. The molecule has 5 nitrogen and oxygen atoms in total. The van der Waals surface area contributed by atoms with Crippen molar-refractivity contribution in [3.05, 3.63) is 28.2 Å². The van der Waals surface area contributed by atoms with Crippen LogP contribution in [0.1, 0.15) is 19.3 Å². The van der Waals surface area contributed by atoms with Crippen LogP contribution >= 0.6 is 15.9 Å². The van der Waals surface area contributed by atoms with Crippen LogP contribution in [0.3, 0.4) is 0 Å². The first-order chi connectivity index (χ1) is 9.85. The standard InChI is InChI=1S/C12H15BrF2N2O3S/c13-10-5-8(14)6-11(15)12(10)16-21(19,20)17-4-2-1-3-9(17)7-18/h5-6,9,16,18H,1-4,7H2. The Balaban J connectivity index is 2.29. The molecule has 0 bridgehead atoms. The van der Waals surface area contributed by atoms with Gasteiger partial charge in [-0.05, 0) is 34.8 Å². The molecular weight excluding hydrogens is 370 g/mol. The maximum atomic E-state index is 13.7. The number of hydrogen-bond donors (Lipinski definition) is 2. The first-order valence-electron chi connectivity index (χ1n) is 6.40. The van der Waals surface area contributed by atoms with Crippen molar-refractivity contribution < 1.29 is 22.3 Å². The number of piperidine rings is 1. The number of aliphatic hydroxyl groups is 1. The third kappa shape index (κ3) is 3.71. The van der Waals surface area contributed by atoms with Crippen molar-refractivity contribution in [1.82, 2.24) is 4.31 Å². The van der Waals surface area contributed by atoms with Crippen molar-refractivity contribution in [2.45, 2.75) is 25.3 Å². The third-order valence-corrected chi connectivity index (χ3v) is 5.52. The predicted octanol–water partition coefficient (Wildman–Crippen LogP) is 2.23. The van der Waals surface area contributed by atoms with E-state index in [0.717, 1.165) is 16.8 Å². The molecule has 1 aliphatic heterocycles. The van der Waals surface area contributed by atoms with E-state index in [4.69, 9.17) is 0 Å². The Labute approximate surface area is 130 Å². The van der Waals surface area contributed by atoms with Crippen LogP contribution in [0.25, 0.3) is 0 Å². The molecule has 1 heterocycles. The van der Waals surface area contributed by atoms with Gasteiger partial charge in [0.25, 0.3) is 0 Å². The molecule has 1 fully saturated rings. The normalized spacial score (nSPS) is 20.5. The Morgan fingerprint density at radius 1 is 1.38 bits per heavy atom. The van der Waals surface area contributed by atoms with Crippen molar-refractivity contribution in [2.75, 3.05) is 17.9 Å². The lowest BCUT2D eigenvalue weighted by Crippen LogP contribution is -2.48. The molecule has 2 N–H and O–H groups in total. The number of nitrogens with zero attached hydrogens (tertiary/aromatic N) is 1. The van der Waals surface area contributed by atoms with Gasteiger partial charge in [-0.15, -0.1) is 0 Å². The average molecular weight is 385 g/mol. The van der Waals surface area contributed by atoms with Gasteiger partial charge in [0.15, 0.2) is 5.82 Å². The number of rotatable bonds is 4. The second kappa shape index (κ2) is 6.55. The Kier molecular flexibility index (Phi) is 5.18. The van der Waals surface area contributed by atoms with Crippen molar-refractivity contribution in [3.63, 3.8) is 0 Å². The summed E-state index contributed by atoms with van der Waals surface area (Å²) in [5.41, 5.74) is -0.348. The van der Waals surface area contributed by atoms with Gasteiger partial charge < -0.3 is 5.11 Å². The Morgan fingerprint density at radius 3 is 2.71 bits per heavy atom. The monoisotopic (exact) mass is 384 g/mol. The minimum Gasteiger partial charge on any atom is -0.395 e. The van der Waals surface area contributed by atoms with E-state index in [-0.39, 0.29) is 23.3 Å². The van der Waals surface area contributed by atoms with E-state index in [1.165, 1.54) is 0 Å².